The molecule has 0 radical (unpaired) electrons. The molecule has 0 saturated carbocycles. The summed E-state index contributed by atoms with van der Waals surface area (Å²) in [5.74, 6) is -1.14. The molecule has 0 aliphatic carbocycles. The fourth-order valence-electron chi connectivity index (χ4n) is 0.943. The standard InChI is InChI=1S/C9H12N2O4/c1-3-14-6-5-7(15-4-2)11-8(10-6)9(12)13/h5H,3-4H2,1-2H3,(H,12,13). The zero-order valence-corrected chi connectivity index (χ0v) is 8.56. The van der Waals surface area contributed by atoms with E-state index in [1.54, 1.807) is 13.8 Å². The summed E-state index contributed by atoms with van der Waals surface area (Å²) >= 11 is 0. The average Bonchev–Trinajstić information content (AvgIpc) is 2.18. The van der Waals surface area contributed by atoms with Crippen LogP contribution in [-0.4, -0.2) is 34.3 Å². The topological polar surface area (TPSA) is 81.5 Å². The van der Waals surface area contributed by atoms with E-state index in [4.69, 9.17) is 14.6 Å². The van der Waals surface area contributed by atoms with E-state index in [1.165, 1.54) is 6.07 Å². The Morgan fingerprint density at radius 3 is 2.07 bits per heavy atom. The van der Waals surface area contributed by atoms with Crippen LogP contribution in [0, 0.1) is 0 Å². The Hall–Kier alpha value is -1.85. The van der Waals surface area contributed by atoms with Crippen LogP contribution in [0.5, 0.6) is 11.8 Å². The van der Waals surface area contributed by atoms with Gasteiger partial charge < -0.3 is 14.6 Å². The number of hydrogen-bond acceptors (Lipinski definition) is 5. The molecule has 0 aromatic carbocycles. The number of nitrogens with zero attached hydrogens (tertiary/aromatic N) is 2. The molecule has 1 N–H and O–H groups in total. The van der Waals surface area contributed by atoms with E-state index < -0.39 is 5.97 Å². The summed E-state index contributed by atoms with van der Waals surface area (Å²) in [5.41, 5.74) is 0. The number of carboxylic acid groups (broad SMARTS) is 1. The van der Waals surface area contributed by atoms with Crippen molar-refractivity contribution in [1.29, 1.82) is 0 Å². The highest BCUT2D eigenvalue weighted by Crippen LogP contribution is 2.15. The first-order valence-electron chi connectivity index (χ1n) is 4.55. The SMILES string of the molecule is CCOc1cc(OCC)nc(C(=O)O)n1. The number of carbonyl (C=O) groups is 1. The molecule has 0 amide bonds. The van der Waals surface area contributed by atoms with E-state index in [9.17, 15) is 4.79 Å². The highest BCUT2D eigenvalue weighted by Gasteiger charge is 2.11. The number of hydrogen-bond donors (Lipinski definition) is 1. The van der Waals surface area contributed by atoms with Gasteiger partial charge >= 0.3 is 5.97 Å². The Bertz CT molecular complexity index is 330. The lowest BCUT2D eigenvalue weighted by molar-refractivity contribution is 0.0680. The molecule has 0 saturated heterocycles. The van der Waals surface area contributed by atoms with E-state index in [0.717, 1.165) is 0 Å². The summed E-state index contributed by atoms with van der Waals surface area (Å²) in [5, 5.41) is 8.73. The highest BCUT2D eigenvalue weighted by molar-refractivity contribution is 5.83. The fourth-order valence-corrected chi connectivity index (χ4v) is 0.943. The maximum atomic E-state index is 10.7. The quantitative estimate of drug-likeness (QED) is 0.783. The molecule has 0 aliphatic heterocycles. The lowest BCUT2D eigenvalue weighted by Gasteiger charge is -2.06. The largest absolute Gasteiger partial charge is 0.478 e. The first kappa shape index (κ1) is 11.2. The van der Waals surface area contributed by atoms with Crippen LogP contribution in [0.15, 0.2) is 6.07 Å². The Morgan fingerprint density at radius 2 is 1.73 bits per heavy atom. The molecule has 0 spiro atoms. The maximum absolute atomic E-state index is 10.7. The third-order valence-electron chi connectivity index (χ3n) is 1.45. The third kappa shape index (κ3) is 3.08. The van der Waals surface area contributed by atoms with Gasteiger partial charge in [-0.2, -0.15) is 9.97 Å². The fraction of sp³-hybridized carbons (Fsp3) is 0.444. The van der Waals surface area contributed by atoms with Crippen LogP contribution < -0.4 is 9.47 Å². The van der Waals surface area contributed by atoms with Crippen molar-refractivity contribution >= 4 is 5.97 Å². The van der Waals surface area contributed by atoms with E-state index in [1.807, 2.05) is 0 Å². The van der Waals surface area contributed by atoms with Gasteiger partial charge in [0.1, 0.15) is 0 Å². The van der Waals surface area contributed by atoms with Crippen LogP contribution >= 0.6 is 0 Å². The molecule has 0 unspecified atom stereocenters. The van der Waals surface area contributed by atoms with Crippen LogP contribution in [-0.2, 0) is 0 Å². The number of ether oxygens (including phenoxy) is 2. The van der Waals surface area contributed by atoms with Gasteiger partial charge in [-0.1, -0.05) is 0 Å². The van der Waals surface area contributed by atoms with Crippen molar-refractivity contribution in [2.45, 2.75) is 13.8 Å². The van der Waals surface area contributed by atoms with E-state index in [0.29, 0.717) is 13.2 Å². The first-order chi connectivity index (χ1) is 7.17. The lowest BCUT2D eigenvalue weighted by atomic mass is 10.5. The number of aromatic carboxylic acids is 1. The molecular weight excluding hydrogens is 200 g/mol. The van der Waals surface area contributed by atoms with Crippen LogP contribution in [0.25, 0.3) is 0 Å². The second-order valence-corrected chi connectivity index (χ2v) is 2.54. The van der Waals surface area contributed by atoms with Gasteiger partial charge in [0.2, 0.25) is 17.6 Å². The summed E-state index contributed by atoms with van der Waals surface area (Å²) in [7, 11) is 0. The van der Waals surface area contributed by atoms with Gasteiger partial charge in [0, 0.05) is 0 Å². The third-order valence-corrected chi connectivity index (χ3v) is 1.45. The molecule has 1 heterocycles. The van der Waals surface area contributed by atoms with Crippen molar-refractivity contribution in [3.8, 4) is 11.8 Å². The molecule has 15 heavy (non-hydrogen) atoms. The zero-order chi connectivity index (χ0) is 11.3. The van der Waals surface area contributed by atoms with Crippen LogP contribution in [0.1, 0.15) is 24.5 Å². The second-order valence-electron chi connectivity index (χ2n) is 2.54. The summed E-state index contributed by atoms with van der Waals surface area (Å²) < 4.78 is 10.2. The van der Waals surface area contributed by atoms with Gasteiger partial charge in [0.25, 0.3) is 0 Å². The average molecular weight is 212 g/mol. The Labute approximate surface area is 86.9 Å². The molecule has 1 rings (SSSR count). The molecule has 6 nitrogen and oxygen atoms in total. The smallest absolute Gasteiger partial charge is 0.374 e. The van der Waals surface area contributed by atoms with E-state index in [2.05, 4.69) is 9.97 Å². The number of carboxylic acids is 1. The van der Waals surface area contributed by atoms with Crippen molar-refractivity contribution in [2.24, 2.45) is 0 Å². The number of rotatable bonds is 5. The summed E-state index contributed by atoms with van der Waals surface area (Å²) in [6, 6.07) is 1.46. The Morgan fingerprint density at radius 1 is 1.27 bits per heavy atom. The predicted octanol–water partition coefficient (Wildman–Crippen LogP) is 0.972. The van der Waals surface area contributed by atoms with Crippen LogP contribution in [0.2, 0.25) is 0 Å². The number of aromatic nitrogens is 2. The summed E-state index contributed by atoms with van der Waals surface area (Å²) in [6.07, 6.45) is 0. The van der Waals surface area contributed by atoms with Crippen LogP contribution in [0.4, 0.5) is 0 Å². The van der Waals surface area contributed by atoms with E-state index >= 15 is 0 Å². The van der Waals surface area contributed by atoms with Gasteiger partial charge in [0.15, 0.2) is 0 Å². The molecular formula is C9H12N2O4. The minimum absolute atomic E-state index is 0.202. The minimum atomic E-state index is -1.21. The van der Waals surface area contributed by atoms with Crippen molar-refractivity contribution in [3.63, 3.8) is 0 Å². The van der Waals surface area contributed by atoms with Gasteiger partial charge in [0.05, 0.1) is 19.3 Å². The Balaban J connectivity index is 3.02. The summed E-state index contributed by atoms with van der Waals surface area (Å²) in [4.78, 5) is 18.1. The predicted molar refractivity (Wildman–Crippen MR) is 51.3 cm³/mol. The molecule has 0 fully saturated rings. The van der Waals surface area contributed by atoms with E-state index in [-0.39, 0.29) is 17.6 Å². The first-order valence-corrected chi connectivity index (χ1v) is 4.55. The zero-order valence-electron chi connectivity index (χ0n) is 8.56. The van der Waals surface area contributed by atoms with Crippen molar-refractivity contribution in [3.05, 3.63) is 11.9 Å². The maximum Gasteiger partial charge on any atom is 0.374 e. The lowest BCUT2D eigenvalue weighted by Crippen LogP contribution is -2.08. The minimum Gasteiger partial charge on any atom is -0.478 e. The molecule has 1 aromatic heterocycles. The molecule has 0 aliphatic rings. The second kappa shape index (κ2) is 5.14. The molecule has 82 valence electrons. The normalized spacial score (nSPS) is 9.73. The van der Waals surface area contributed by atoms with Crippen molar-refractivity contribution in [1.82, 2.24) is 9.97 Å². The van der Waals surface area contributed by atoms with Crippen molar-refractivity contribution in [2.75, 3.05) is 13.2 Å². The Kier molecular flexibility index (Phi) is 3.84. The molecule has 6 heteroatoms. The van der Waals surface area contributed by atoms with Crippen molar-refractivity contribution < 1.29 is 19.4 Å². The van der Waals surface area contributed by atoms with Gasteiger partial charge in [-0.15, -0.1) is 0 Å². The molecule has 1 aromatic rings. The highest BCUT2D eigenvalue weighted by atomic mass is 16.5. The molecule has 0 bridgehead atoms. The van der Waals surface area contributed by atoms with Crippen LogP contribution in [0.3, 0.4) is 0 Å². The van der Waals surface area contributed by atoms with Gasteiger partial charge in [-0.05, 0) is 13.8 Å². The monoisotopic (exact) mass is 212 g/mol. The molecule has 0 atom stereocenters. The van der Waals surface area contributed by atoms with Gasteiger partial charge in [-0.25, -0.2) is 4.79 Å². The summed E-state index contributed by atoms with van der Waals surface area (Å²) in [6.45, 7) is 4.37. The van der Waals surface area contributed by atoms with Gasteiger partial charge in [-0.3, -0.25) is 0 Å².